The summed E-state index contributed by atoms with van der Waals surface area (Å²) in [7, 11) is 0.907. The molecule has 0 aromatic rings. The smallest absolute Gasteiger partial charge is 0.305 e. The van der Waals surface area contributed by atoms with Gasteiger partial charge in [0.2, 0.25) is 70.9 Å². The van der Waals surface area contributed by atoms with Crippen molar-refractivity contribution in [2.45, 2.75) is 211 Å². The fraction of sp³-hybridized carbons (Fsp3) is 0.690. The van der Waals surface area contributed by atoms with Crippen LogP contribution < -0.4 is 53.6 Å². The Balaban J connectivity index is 1.63. The highest BCUT2D eigenvalue weighted by atomic mass is 16.4. The first kappa shape index (κ1) is 76.5. The zero-order valence-electron chi connectivity index (χ0n) is 52.5. The average molecular weight is 1290 g/mol. The van der Waals surface area contributed by atoms with Crippen molar-refractivity contribution in [2.75, 3.05) is 33.2 Å². The van der Waals surface area contributed by atoms with Gasteiger partial charge >= 0.3 is 23.9 Å². The number of carbonyl (C=O) groups is 16. The van der Waals surface area contributed by atoms with Crippen LogP contribution in [0.15, 0.2) is 12.2 Å². The normalized spacial score (nSPS) is 19.8. The van der Waals surface area contributed by atoms with Crippen molar-refractivity contribution >= 4 is 94.8 Å². The molecule has 91 heavy (non-hydrogen) atoms. The SMILES string of the molecule is CCC(C)CCCCC/C=C/CC(=O)N[C@@H](CC(=O)O)C(=O)N(C)[C@@H](CC(=O)O)C(=O)N[C@@H](CC(=O)O)C(=O)NCC(=O)N[C@@H](CC(=O)O)C(=O)NCC(=O)N[C@H](C(=O)N[C@H](C(=O)N1CCC[C@H]1C(=O)NC1C(=O)N2CCCCC2C(=O)NC1C)C(C)C)C(C)N. The predicted molar refractivity (Wildman–Crippen MR) is 320 cm³/mol. The number of aliphatic carboxylic acids is 4. The van der Waals surface area contributed by atoms with Gasteiger partial charge in [-0.3, -0.25) is 76.7 Å². The summed E-state index contributed by atoms with van der Waals surface area (Å²) in [5.41, 5.74) is 6.09. The first-order valence-corrected chi connectivity index (χ1v) is 30.6. The second-order valence-corrected chi connectivity index (χ2v) is 23.6. The van der Waals surface area contributed by atoms with Gasteiger partial charge in [-0.15, -0.1) is 0 Å². The van der Waals surface area contributed by atoms with Gasteiger partial charge in [-0.1, -0.05) is 65.5 Å². The van der Waals surface area contributed by atoms with Gasteiger partial charge in [0, 0.05) is 32.6 Å². The number of carboxylic acids is 4. The predicted octanol–water partition coefficient (Wildman–Crippen LogP) is -3.31. The number of nitrogens with one attached hydrogen (secondary N) is 9. The standard InChI is InChI=1S/C58H91N13O20/c1-8-31(4)18-13-11-9-10-12-14-21-40(72)64-36(26-45(79)80)56(89)69(7)39(27-46(81)82)54(87)65-35(25-44(77)78)51(84)60-28-41(73)63-34(24-43(75)76)50(83)61-29-42(74)66-48(32(5)59)55(88)67-47(30(2)3)57(90)71-23-17-20-38(71)53(86)68-49-33(6)62-52(85)37-19-15-16-22-70(37)58(49)91/h12,14,30-39,47-49H,8-11,13,15-29,59H2,1-7H3,(H,60,84)(H,61,83)(H,62,85)(H,63,73)(H,64,72)(H,65,87)(H,66,74)(H,67,88)(H,68,86)(H,75,76)(H,77,78)(H,79,80)(H,81,82)/b14-12+/t31?,32?,33?,34-,35-,36-,37?,38-,39-,47-,48-,49?/m0/s1. The molecule has 33 nitrogen and oxygen atoms in total. The monoisotopic (exact) mass is 1290 g/mol. The first-order chi connectivity index (χ1) is 42.8. The lowest BCUT2D eigenvalue weighted by atomic mass is 10.00. The van der Waals surface area contributed by atoms with Gasteiger partial charge in [0.25, 0.3) is 0 Å². The molecule has 0 bridgehead atoms. The molecule has 0 saturated carbocycles. The summed E-state index contributed by atoms with van der Waals surface area (Å²) >= 11 is 0. The van der Waals surface area contributed by atoms with Crippen molar-refractivity contribution < 1.29 is 97.1 Å². The lowest BCUT2D eigenvalue weighted by molar-refractivity contribution is -0.150. The van der Waals surface area contributed by atoms with Crippen LogP contribution in [0.3, 0.4) is 0 Å². The van der Waals surface area contributed by atoms with Gasteiger partial charge < -0.3 is 88.7 Å². The number of hydrogen-bond acceptors (Lipinski definition) is 17. The third-order valence-corrected chi connectivity index (χ3v) is 15.8. The fourth-order valence-corrected chi connectivity index (χ4v) is 10.5. The maximum atomic E-state index is 14.2. The maximum Gasteiger partial charge on any atom is 0.305 e. The lowest BCUT2D eigenvalue weighted by Gasteiger charge is -2.35. The Morgan fingerprint density at radius 1 is 0.648 bits per heavy atom. The van der Waals surface area contributed by atoms with Crippen LogP contribution in [-0.4, -0.2) is 230 Å². The molecule has 0 aliphatic carbocycles. The van der Waals surface area contributed by atoms with Crippen molar-refractivity contribution in [3.05, 3.63) is 12.2 Å². The van der Waals surface area contributed by atoms with Gasteiger partial charge in [-0.05, 0) is 70.6 Å². The average Bonchev–Trinajstić information content (AvgIpc) is 1.79. The number of nitrogens with two attached hydrogens (primary N) is 1. The molecule has 0 radical (unpaired) electrons. The molecule has 15 N–H and O–H groups in total. The molecule has 3 fully saturated rings. The topological polar surface area (TPSA) is 498 Å². The molecule has 3 rings (SSSR count). The first-order valence-electron chi connectivity index (χ1n) is 30.6. The van der Waals surface area contributed by atoms with Crippen LogP contribution in [0.4, 0.5) is 0 Å². The number of nitrogens with zero attached hydrogens (tertiary/aromatic N) is 3. The minimum absolute atomic E-state index is 0.110. The number of likely N-dealkylation sites (N-methyl/N-ethyl adjacent to an activating group) is 1. The van der Waals surface area contributed by atoms with Gasteiger partial charge in [0.15, 0.2) is 0 Å². The van der Waals surface area contributed by atoms with Crippen molar-refractivity contribution in [3.8, 4) is 0 Å². The van der Waals surface area contributed by atoms with Gasteiger partial charge in [0.05, 0.1) is 44.8 Å². The highest BCUT2D eigenvalue weighted by Crippen LogP contribution is 2.25. The van der Waals surface area contributed by atoms with Gasteiger partial charge in [-0.2, -0.15) is 0 Å². The van der Waals surface area contributed by atoms with E-state index in [-0.39, 0.29) is 25.3 Å². The number of hydrogen-bond donors (Lipinski definition) is 14. The fourth-order valence-electron chi connectivity index (χ4n) is 10.5. The molecule has 3 heterocycles. The summed E-state index contributed by atoms with van der Waals surface area (Å²) in [6.07, 6.45) is 6.79. The zero-order valence-corrected chi connectivity index (χ0v) is 52.5. The Hall–Kier alpha value is -8.78. The number of allylic oxidation sites excluding steroid dienone is 1. The number of fused-ring (bicyclic) bond motifs is 1. The van der Waals surface area contributed by atoms with Crippen molar-refractivity contribution in [3.63, 3.8) is 0 Å². The number of piperidine rings is 1. The highest BCUT2D eigenvalue weighted by Gasteiger charge is 2.46. The molecule has 3 aliphatic heterocycles. The Morgan fingerprint density at radius 3 is 1.79 bits per heavy atom. The number of carboxylic acid groups (broad SMARTS) is 4. The number of unbranched alkanes of at least 4 members (excludes halogenated alkanes) is 3. The second kappa shape index (κ2) is 37.4. The largest absolute Gasteiger partial charge is 0.481 e. The molecule has 0 aromatic carbocycles. The molecule has 0 spiro atoms. The van der Waals surface area contributed by atoms with E-state index in [2.05, 4.69) is 45.7 Å². The van der Waals surface area contributed by atoms with Gasteiger partial charge in [0.1, 0.15) is 54.4 Å². The van der Waals surface area contributed by atoms with Crippen LogP contribution >= 0.6 is 0 Å². The minimum Gasteiger partial charge on any atom is -0.481 e. The van der Waals surface area contributed by atoms with Crippen molar-refractivity contribution in [2.24, 2.45) is 17.6 Å². The molecule has 3 saturated heterocycles. The van der Waals surface area contributed by atoms with E-state index in [0.717, 1.165) is 45.6 Å². The van der Waals surface area contributed by atoms with E-state index in [4.69, 9.17) is 5.73 Å². The van der Waals surface area contributed by atoms with E-state index >= 15 is 0 Å². The van der Waals surface area contributed by atoms with E-state index in [1.807, 2.05) is 16.0 Å². The number of amides is 12. The third-order valence-electron chi connectivity index (χ3n) is 15.8. The van der Waals surface area contributed by atoms with Crippen LogP contribution in [-0.2, 0) is 76.7 Å². The molecule has 3 aliphatic rings. The van der Waals surface area contributed by atoms with E-state index in [1.165, 1.54) is 22.8 Å². The summed E-state index contributed by atoms with van der Waals surface area (Å²) in [4.78, 5) is 212. The summed E-state index contributed by atoms with van der Waals surface area (Å²) in [5.74, 6) is -18.1. The molecule has 0 aromatic heterocycles. The van der Waals surface area contributed by atoms with Crippen LogP contribution in [0, 0.1) is 11.8 Å². The minimum atomic E-state index is -2.10. The van der Waals surface area contributed by atoms with Crippen LogP contribution in [0.5, 0.6) is 0 Å². The molecule has 12 atom stereocenters. The number of carbonyl (C=O) groups excluding carboxylic acids is 12. The molecule has 12 amide bonds. The summed E-state index contributed by atoms with van der Waals surface area (Å²) in [5, 5.41) is 59.3. The molecule has 33 heteroatoms. The summed E-state index contributed by atoms with van der Waals surface area (Å²) in [6.45, 7) is 8.84. The molecular formula is C58H91N13O20. The van der Waals surface area contributed by atoms with E-state index in [1.54, 1.807) is 26.8 Å². The Labute approximate surface area is 526 Å². The summed E-state index contributed by atoms with van der Waals surface area (Å²) in [6, 6.07) is -15.5. The van der Waals surface area contributed by atoms with E-state index < -0.39 is 200 Å². The van der Waals surface area contributed by atoms with Crippen LogP contribution in [0.1, 0.15) is 144 Å². The van der Waals surface area contributed by atoms with Crippen molar-refractivity contribution in [1.82, 2.24) is 62.6 Å². The van der Waals surface area contributed by atoms with Crippen LogP contribution in [0.2, 0.25) is 0 Å². The highest BCUT2D eigenvalue weighted by molar-refractivity contribution is 6.01. The van der Waals surface area contributed by atoms with E-state index in [0.29, 0.717) is 43.0 Å². The number of likely N-dealkylation sites (tertiary alicyclic amines) is 1. The Bertz CT molecular complexity index is 2710. The van der Waals surface area contributed by atoms with Crippen LogP contribution in [0.25, 0.3) is 0 Å². The lowest BCUT2D eigenvalue weighted by Crippen LogP contribution is -2.62. The van der Waals surface area contributed by atoms with Crippen molar-refractivity contribution in [1.29, 1.82) is 0 Å². The maximum absolute atomic E-state index is 14.2. The Morgan fingerprint density at radius 2 is 1.22 bits per heavy atom. The summed E-state index contributed by atoms with van der Waals surface area (Å²) < 4.78 is 0. The quantitative estimate of drug-likeness (QED) is 0.0214. The molecule has 5 unspecified atom stereocenters. The zero-order chi connectivity index (χ0) is 68.4. The number of rotatable bonds is 37. The molecular weight excluding hydrogens is 1200 g/mol. The van der Waals surface area contributed by atoms with E-state index in [9.17, 15) is 97.1 Å². The third kappa shape index (κ3) is 24.8. The van der Waals surface area contributed by atoms with Gasteiger partial charge in [-0.25, -0.2) is 0 Å². The molecule has 508 valence electrons. The second-order valence-electron chi connectivity index (χ2n) is 23.6. The Kier molecular flexibility index (Phi) is 31.4.